The molecule has 1 N–H and O–H groups in total. The van der Waals surface area contributed by atoms with Crippen molar-refractivity contribution in [3.63, 3.8) is 0 Å². The lowest BCUT2D eigenvalue weighted by molar-refractivity contribution is -0.384. The molecule has 1 atom stereocenters. The number of nitro benzene ring substituents is 1. The van der Waals surface area contributed by atoms with E-state index in [2.05, 4.69) is 0 Å². The molecule has 2 aromatic rings. The molecule has 1 aliphatic rings. The van der Waals surface area contributed by atoms with Crippen LogP contribution in [0.2, 0.25) is 0 Å². The topological polar surface area (TPSA) is 86.9 Å². The second-order valence-corrected chi connectivity index (χ2v) is 5.57. The number of hydrazine groups is 1. The number of nitro groups is 1. The lowest BCUT2D eigenvalue weighted by Gasteiger charge is -2.44. The molecule has 0 aromatic heterocycles. The van der Waals surface area contributed by atoms with Crippen LogP contribution in [0.15, 0.2) is 48.5 Å². The zero-order chi connectivity index (χ0) is 17.3. The maximum Gasteiger partial charge on any atom is 0.272 e. The molecule has 1 heterocycles. The number of amides is 1. The van der Waals surface area contributed by atoms with Crippen molar-refractivity contribution in [3.05, 3.63) is 69.8 Å². The standard InChI is InChI=1S/C17H17N3O4/c1-18-17(22)15-8-3-2-7-14(15)16(9-10-21)19(18)12-5-4-6-13(11-12)20(23)24/h2-8,11,16,21H,9-10H2,1H3. The number of benzene rings is 2. The van der Waals surface area contributed by atoms with Crippen LogP contribution in [0.3, 0.4) is 0 Å². The Bertz CT molecular complexity index is 793. The van der Waals surface area contributed by atoms with Gasteiger partial charge in [0, 0.05) is 31.4 Å². The third-order valence-electron chi connectivity index (χ3n) is 4.17. The van der Waals surface area contributed by atoms with Gasteiger partial charge in [-0.3, -0.25) is 24.9 Å². The average Bonchev–Trinajstić information content (AvgIpc) is 2.60. The van der Waals surface area contributed by atoms with Crippen molar-refractivity contribution in [2.24, 2.45) is 0 Å². The van der Waals surface area contributed by atoms with E-state index in [-0.39, 0.29) is 24.2 Å². The third-order valence-corrected chi connectivity index (χ3v) is 4.17. The molecule has 2 aromatic carbocycles. The molecule has 1 aliphatic heterocycles. The molecular weight excluding hydrogens is 310 g/mol. The first kappa shape index (κ1) is 15.9. The molecule has 1 unspecified atom stereocenters. The molecule has 7 nitrogen and oxygen atoms in total. The Labute approximate surface area is 138 Å². The van der Waals surface area contributed by atoms with Gasteiger partial charge in [0.15, 0.2) is 0 Å². The minimum atomic E-state index is -0.468. The van der Waals surface area contributed by atoms with Gasteiger partial charge in [-0.2, -0.15) is 0 Å². The first-order valence-electron chi connectivity index (χ1n) is 7.56. The van der Waals surface area contributed by atoms with Gasteiger partial charge >= 0.3 is 0 Å². The molecule has 124 valence electrons. The van der Waals surface area contributed by atoms with Crippen molar-refractivity contribution in [1.29, 1.82) is 0 Å². The Morgan fingerprint density at radius 2 is 1.96 bits per heavy atom. The fraction of sp³-hybridized carbons (Fsp3) is 0.235. The number of non-ortho nitro benzene ring substituents is 1. The Hall–Kier alpha value is -2.93. The van der Waals surface area contributed by atoms with Crippen molar-refractivity contribution in [2.75, 3.05) is 18.7 Å². The van der Waals surface area contributed by atoms with Gasteiger partial charge < -0.3 is 5.11 Å². The number of anilines is 1. The Morgan fingerprint density at radius 3 is 2.67 bits per heavy atom. The number of carbonyl (C=O) groups is 1. The number of carbonyl (C=O) groups excluding carboxylic acids is 1. The van der Waals surface area contributed by atoms with Gasteiger partial charge in [0.1, 0.15) is 0 Å². The molecule has 3 rings (SSSR count). The van der Waals surface area contributed by atoms with E-state index in [1.54, 1.807) is 36.3 Å². The van der Waals surface area contributed by atoms with E-state index in [9.17, 15) is 20.0 Å². The zero-order valence-corrected chi connectivity index (χ0v) is 13.1. The summed E-state index contributed by atoms with van der Waals surface area (Å²) < 4.78 is 0. The van der Waals surface area contributed by atoms with Crippen molar-refractivity contribution in [1.82, 2.24) is 5.01 Å². The highest BCUT2D eigenvalue weighted by Crippen LogP contribution is 2.38. The van der Waals surface area contributed by atoms with Gasteiger partial charge in [0.25, 0.3) is 11.6 Å². The molecule has 0 aliphatic carbocycles. The Balaban J connectivity index is 2.13. The number of rotatable bonds is 4. The monoisotopic (exact) mass is 327 g/mol. The van der Waals surface area contributed by atoms with Gasteiger partial charge in [0.05, 0.1) is 16.7 Å². The number of aliphatic hydroxyl groups excluding tert-OH is 1. The minimum absolute atomic E-state index is 0.0463. The summed E-state index contributed by atoms with van der Waals surface area (Å²) in [6, 6.07) is 13.1. The van der Waals surface area contributed by atoms with E-state index in [1.807, 2.05) is 12.1 Å². The second kappa shape index (κ2) is 6.29. The lowest BCUT2D eigenvalue weighted by atomic mass is 9.94. The third kappa shape index (κ3) is 2.59. The highest BCUT2D eigenvalue weighted by Gasteiger charge is 2.36. The number of hydrogen-bond acceptors (Lipinski definition) is 5. The van der Waals surface area contributed by atoms with Crippen molar-refractivity contribution in [2.45, 2.75) is 12.5 Å². The summed E-state index contributed by atoms with van der Waals surface area (Å²) in [6.45, 7) is -0.0630. The molecule has 0 saturated heterocycles. The van der Waals surface area contributed by atoms with Gasteiger partial charge in [-0.05, 0) is 24.1 Å². The van der Waals surface area contributed by atoms with Crippen LogP contribution in [0.25, 0.3) is 0 Å². The molecule has 7 heteroatoms. The van der Waals surface area contributed by atoms with E-state index in [1.165, 1.54) is 17.1 Å². The average molecular weight is 327 g/mol. The summed E-state index contributed by atoms with van der Waals surface area (Å²) in [5.74, 6) is -0.189. The summed E-state index contributed by atoms with van der Waals surface area (Å²) in [5, 5.41) is 23.7. The zero-order valence-electron chi connectivity index (χ0n) is 13.1. The first-order chi connectivity index (χ1) is 11.5. The second-order valence-electron chi connectivity index (χ2n) is 5.57. The molecule has 0 radical (unpaired) electrons. The van der Waals surface area contributed by atoms with Crippen molar-refractivity contribution < 1.29 is 14.8 Å². The highest BCUT2D eigenvalue weighted by molar-refractivity contribution is 5.98. The van der Waals surface area contributed by atoms with Gasteiger partial charge in [-0.1, -0.05) is 24.3 Å². The van der Waals surface area contributed by atoms with Crippen LogP contribution in [0, 0.1) is 10.1 Å². The SMILES string of the molecule is CN1C(=O)c2ccccc2C(CCO)N1c1cccc([N+](=O)[O-])c1. The predicted molar refractivity (Wildman–Crippen MR) is 88.6 cm³/mol. The molecule has 0 spiro atoms. The highest BCUT2D eigenvalue weighted by atomic mass is 16.6. The van der Waals surface area contributed by atoms with Gasteiger partial charge in [-0.15, -0.1) is 0 Å². The van der Waals surface area contributed by atoms with Crippen LogP contribution < -0.4 is 5.01 Å². The molecular formula is C17H17N3O4. The van der Waals surface area contributed by atoms with Crippen LogP contribution in [-0.2, 0) is 0 Å². The number of hydrogen-bond donors (Lipinski definition) is 1. The van der Waals surface area contributed by atoms with E-state index in [0.717, 1.165) is 5.56 Å². The first-order valence-corrected chi connectivity index (χ1v) is 7.56. The molecule has 24 heavy (non-hydrogen) atoms. The molecule has 1 amide bonds. The quantitative estimate of drug-likeness (QED) is 0.689. The lowest BCUT2D eigenvalue weighted by Crippen LogP contribution is -2.50. The summed E-state index contributed by atoms with van der Waals surface area (Å²) in [5.41, 5.74) is 1.88. The summed E-state index contributed by atoms with van der Waals surface area (Å²) >= 11 is 0. The number of fused-ring (bicyclic) bond motifs is 1. The molecule has 0 fully saturated rings. The van der Waals surface area contributed by atoms with E-state index in [0.29, 0.717) is 17.7 Å². The maximum absolute atomic E-state index is 12.7. The van der Waals surface area contributed by atoms with Crippen LogP contribution in [-0.4, -0.2) is 34.6 Å². The fourth-order valence-electron chi connectivity index (χ4n) is 3.10. The Kier molecular flexibility index (Phi) is 4.18. The fourth-order valence-corrected chi connectivity index (χ4v) is 3.10. The van der Waals surface area contributed by atoms with Crippen LogP contribution in [0.4, 0.5) is 11.4 Å². The van der Waals surface area contributed by atoms with Crippen molar-refractivity contribution >= 4 is 17.3 Å². The molecule has 0 bridgehead atoms. The largest absolute Gasteiger partial charge is 0.396 e. The van der Waals surface area contributed by atoms with Crippen LogP contribution in [0.1, 0.15) is 28.4 Å². The van der Waals surface area contributed by atoms with E-state index in [4.69, 9.17) is 0 Å². The summed E-state index contributed by atoms with van der Waals surface area (Å²) in [6.07, 6.45) is 0.400. The normalized spacial score (nSPS) is 16.9. The Morgan fingerprint density at radius 1 is 1.21 bits per heavy atom. The maximum atomic E-state index is 12.7. The summed E-state index contributed by atoms with van der Waals surface area (Å²) in [7, 11) is 1.63. The van der Waals surface area contributed by atoms with Crippen LogP contribution >= 0.6 is 0 Å². The number of nitrogens with zero attached hydrogens (tertiary/aromatic N) is 3. The van der Waals surface area contributed by atoms with E-state index >= 15 is 0 Å². The van der Waals surface area contributed by atoms with Gasteiger partial charge in [-0.25, -0.2) is 0 Å². The van der Waals surface area contributed by atoms with E-state index < -0.39 is 4.92 Å². The summed E-state index contributed by atoms with van der Waals surface area (Å²) in [4.78, 5) is 23.2. The van der Waals surface area contributed by atoms with Crippen molar-refractivity contribution in [3.8, 4) is 0 Å². The predicted octanol–water partition coefficient (Wildman–Crippen LogP) is 2.53. The number of aliphatic hydroxyl groups is 1. The molecule has 0 saturated carbocycles. The van der Waals surface area contributed by atoms with Crippen LogP contribution in [0.5, 0.6) is 0 Å². The minimum Gasteiger partial charge on any atom is -0.396 e. The van der Waals surface area contributed by atoms with Gasteiger partial charge in [0.2, 0.25) is 0 Å². The smallest absolute Gasteiger partial charge is 0.272 e.